The highest BCUT2D eigenvalue weighted by Crippen LogP contribution is 2.62. The first kappa shape index (κ1) is 26.0. The topological polar surface area (TPSA) is 85.0 Å². The van der Waals surface area contributed by atoms with Crippen molar-refractivity contribution in [3.63, 3.8) is 0 Å². The van der Waals surface area contributed by atoms with Crippen LogP contribution in [-0.2, 0) is 13.1 Å². The summed E-state index contributed by atoms with van der Waals surface area (Å²) in [6, 6.07) is 16.4. The molecule has 6 nitrogen and oxygen atoms in total. The van der Waals surface area contributed by atoms with Crippen molar-refractivity contribution >= 4 is 17.5 Å². The molecule has 5 rings (SSSR count). The highest BCUT2D eigenvalue weighted by atomic mass is 35.5. The molecule has 3 aromatic rings. The Balaban J connectivity index is 1.49. The van der Waals surface area contributed by atoms with Crippen molar-refractivity contribution < 1.29 is 4.79 Å². The first-order valence-electron chi connectivity index (χ1n) is 13.2. The average molecular weight is 520 g/mol. The summed E-state index contributed by atoms with van der Waals surface area (Å²) in [5.41, 5.74) is 11.5. The van der Waals surface area contributed by atoms with Gasteiger partial charge >= 0.3 is 0 Å². The van der Waals surface area contributed by atoms with Gasteiger partial charge in [-0.25, -0.2) is 0 Å². The number of amides is 1. The molecule has 1 amide bonds. The summed E-state index contributed by atoms with van der Waals surface area (Å²) < 4.78 is 1.93. The van der Waals surface area contributed by atoms with Gasteiger partial charge in [0, 0.05) is 29.8 Å². The predicted molar refractivity (Wildman–Crippen MR) is 149 cm³/mol. The number of aromatic nitrogens is 2. The second-order valence-corrected chi connectivity index (χ2v) is 12.2. The largest absolute Gasteiger partial charge is 0.347 e. The van der Waals surface area contributed by atoms with Crippen molar-refractivity contribution in [3.8, 4) is 11.3 Å². The minimum atomic E-state index is -0.102. The number of halogens is 1. The normalized spacial score (nSPS) is 23.9. The van der Waals surface area contributed by atoms with Crippen LogP contribution in [0.5, 0.6) is 0 Å². The molecule has 0 saturated heterocycles. The van der Waals surface area contributed by atoms with Crippen molar-refractivity contribution in [3.05, 3.63) is 75.9 Å². The van der Waals surface area contributed by atoms with Crippen molar-refractivity contribution in [2.45, 2.75) is 66.1 Å². The van der Waals surface area contributed by atoms with Crippen LogP contribution in [0.2, 0.25) is 5.02 Å². The molecular weight excluding hydrogens is 482 g/mol. The zero-order valence-electron chi connectivity index (χ0n) is 22.3. The monoisotopic (exact) mass is 519 g/mol. The number of benzene rings is 2. The van der Waals surface area contributed by atoms with Gasteiger partial charge in [-0.1, -0.05) is 68.3 Å². The van der Waals surface area contributed by atoms with E-state index < -0.39 is 0 Å². The Morgan fingerprint density at radius 2 is 1.92 bits per heavy atom. The van der Waals surface area contributed by atoms with E-state index in [4.69, 9.17) is 22.4 Å². The van der Waals surface area contributed by atoms with Crippen LogP contribution in [0.4, 0.5) is 0 Å². The van der Waals surface area contributed by atoms with E-state index in [1.807, 2.05) is 22.9 Å². The third kappa shape index (κ3) is 4.95. The molecule has 3 unspecified atom stereocenters. The van der Waals surface area contributed by atoms with Crippen LogP contribution in [0.15, 0.2) is 48.5 Å². The molecule has 3 atom stereocenters. The number of nitrogens with two attached hydrogens (primary N) is 1. The highest BCUT2D eigenvalue weighted by molar-refractivity contribution is 6.31. The molecular formula is C30H38ClN5O. The van der Waals surface area contributed by atoms with E-state index in [0.717, 1.165) is 22.4 Å². The van der Waals surface area contributed by atoms with Crippen molar-refractivity contribution in [2.75, 3.05) is 6.67 Å². The molecule has 0 radical (unpaired) electrons. The number of aryl methyl sites for hydroxylation is 1. The summed E-state index contributed by atoms with van der Waals surface area (Å²) in [4.78, 5) is 13.6. The van der Waals surface area contributed by atoms with E-state index in [1.165, 1.54) is 24.8 Å². The lowest BCUT2D eigenvalue weighted by molar-refractivity contribution is 0.0732. The number of nitrogens with one attached hydrogen (secondary N) is 2. The Hall–Kier alpha value is -2.67. The maximum atomic E-state index is 13.6. The van der Waals surface area contributed by atoms with Gasteiger partial charge in [0.25, 0.3) is 5.91 Å². The minimum Gasteiger partial charge on any atom is -0.347 e. The van der Waals surface area contributed by atoms with Gasteiger partial charge in [0.2, 0.25) is 0 Å². The standard InChI is InChI=1S/C30H38ClN5O/c1-19-5-7-20(8-6-19)17-36-26(21-9-10-24(31)22(13-21)16-33-18-32)14-25(35-36)27(37)34-28-29(2,3)23-11-12-30(28,4)15-23/h5-10,13-14,23,28,33H,11-12,15-18,32H2,1-4H3,(H,34,37). The number of nitrogens with zero attached hydrogens (tertiary/aromatic N) is 2. The molecule has 0 spiro atoms. The number of carbonyl (C=O) groups excluding carboxylic acids is 1. The van der Waals surface area contributed by atoms with Crippen molar-refractivity contribution in [1.82, 2.24) is 20.4 Å². The lowest BCUT2D eigenvalue weighted by Gasteiger charge is -2.42. The zero-order valence-corrected chi connectivity index (χ0v) is 23.0. The number of hydrogen-bond donors (Lipinski definition) is 3. The minimum absolute atomic E-state index is 0.0804. The lowest BCUT2D eigenvalue weighted by Crippen LogP contribution is -2.52. The highest BCUT2D eigenvalue weighted by Gasteiger charge is 2.59. The molecule has 37 heavy (non-hydrogen) atoms. The fraction of sp³-hybridized carbons (Fsp3) is 0.467. The fourth-order valence-corrected chi connectivity index (χ4v) is 6.88. The molecule has 4 N–H and O–H groups in total. The van der Waals surface area contributed by atoms with E-state index in [1.54, 1.807) is 0 Å². The van der Waals surface area contributed by atoms with Crippen LogP contribution < -0.4 is 16.4 Å². The van der Waals surface area contributed by atoms with Gasteiger partial charge in [0.1, 0.15) is 0 Å². The maximum absolute atomic E-state index is 13.6. The Bertz CT molecular complexity index is 1290. The van der Waals surface area contributed by atoms with Crippen LogP contribution >= 0.6 is 11.6 Å². The first-order chi connectivity index (χ1) is 17.6. The second kappa shape index (κ2) is 9.90. The summed E-state index contributed by atoms with van der Waals surface area (Å²) in [5, 5.41) is 12.1. The van der Waals surface area contributed by atoms with Crippen LogP contribution in [0.25, 0.3) is 11.3 Å². The maximum Gasteiger partial charge on any atom is 0.272 e. The van der Waals surface area contributed by atoms with Crippen LogP contribution in [0.3, 0.4) is 0 Å². The smallest absolute Gasteiger partial charge is 0.272 e. The summed E-state index contributed by atoms with van der Waals surface area (Å²) in [6.07, 6.45) is 3.61. The van der Waals surface area contributed by atoms with E-state index >= 15 is 0 Å². The first-order valence-corrected chi connectivity index (χ1v) is 13.6. The molecule has 2 aliphatic carbocycles. The van der Waals surface area contributed by atoms with Gasteiger partial charge in [0.15, 0.2) is 5.69 Å². The fourth-order valence-electron chi connectivity index (χ4n) is 6.69. The summed E-state index contributed by atoms with van der Waals surface area (Å²) >= 11 is 6.46. The molecule has 1 heterocycles. The van der Waals surface area contributed by atoms with Crippen LogP contribution in [0, 0.1) is 23.7 Å². The molecule has 2 bridgehead atoms. The molecule has 7 heteroatoms. The van der Waals surface area contributed by atoms with E-state index in [9.17, 15) is 4.79 Å². The van der Waals surface area contributed by atoms with Gasteiger partial charge in [0.05, 0.1) is 12.2 Å². The van der Waals surface area contributed by atoms with Gasteiger partial charge in [-0.15, -0.1) is 0 Å². The Morgan fingerprint density at radius 1 is 1.16 bits per heavy atom. The average Bonchev–Trinajstić information content (AvgIpc) is 3.52. The predicted octanol–water partition coefficient (Wildman–Crippen LogP) is 5.51. The third-order valence-electron chi connectivity index (χ3n) is 8.81. The second-order valence-electron chi connectivity index (χ2n) is 11.8. The summed E-state index contributed by atoms with van der Waals surface area (Å²) in [5.74, 6) is 0.557. The zero-order chi connectivity index (χ0) is 26.4. The number of carbonyl (C=O) groups is 1. The van der Waals surface area contributed by atoms with Gasteiger partial charge < -0.3 is 16.4 Å². The van der Waals surface area contributed by atoms with E-state index in [2.05, 4.69) is 68.7 Å². The van der Waals surface area contributed by atoms with Crippen molar-refractivity contribution in [1.29, 1.82) is 0 Å². The Morgan fingerprint density at radius 3 is 2.59 bits per heavy atom. The van der Waals surface area contributed by atoms with E-state index in [0.29, 0.717) is 36.4 Å². The summed E-state index contributed by atoms with van der Waals surface area (Å²) in [6.45, 7) is 10.5. The van der Waals surface area contributed by atoms with E-state index in [-0.39, 0.29) is 22.8 Å². The van der Waals surface area contributed by atoms with Crippen molar-refractivity contribution in [2.24, 2.45) is 22.5 Å². The lowest BCUT2D eigenvalue weighted by atomic mass is 9.68. The van der Waals surface area contributed by atoms with Gasteiger partial charge in [-0.05, 0) is 72.3 Å². The molecule has 196 valence electrons. The number of fused-ring (bicyclic) bond motifs is 2. The molecule has 1 aromatic heterocycles. The number of hydrogen-bond acceptors (Lipinski definition) is 4. The summed E-state index contributed by atoms with van der Waals surface area (Å²) in [7, 11) is 0. The van der Waals surface area contributed by atoms with Gasteiger partial charge in [-0.2, -0.15) is 5.10 Å². The number of rotatable bonds is 8. The molecule has 2 saturated carbocycles. The van der Waals surface area contributed by atoms with Crippen LogP contribution in [-0.4, -0.2) is 28.4 Å². The Kier molecular flexibility index (Phi) is 6.94. The molecule has 2 aromatic carbocycles. The SMILES string of the molecule is Cc1ccc(Cn2nc(C(=O)NC3C4(C)CCC(C4)C3(C)C)cc2-c2ccc(Cl)c(CNCN)c2)cc1. The molecule has 2 fully saturated rings. The third-order valence-corrected chi connectivity index (χ3v) is 9.18. The Labute approximate surface area is 225 Å². The quantitative estimate of drug-likeness (QED) is 0.342. The molecule has 0 aliphatic heterocycles. The molecule has 2 aliphatic rings. The van der Waals surface area contributed by atoms with Gasteiger partial charge in [-0.3, -0.25) is 9.48 Å². The van der Waals surface area contributed by atoms with Crippen LogP contribution in [0.1, 0.15) is 67.2 Å².